The highest BCUT2D eigenvalue weighted by Gasteiger charge is 1.98. The molecule has 266 valence electrons. The third-order valence-electron chi connectivity index (χ3n) is 4.33. The van der Waals surface area contributed by atoms with Crippen LogP contribution in [0.4, 0.5) is 0 Å². The first-order chi connectivity index (χ1) is 15.8. The summed E-state index contributed by atoms with van der Waals surface area (Å²) in [5.74, 6) is 2.12. The molecule has 1 atom stereocenters. The van der Waals surface area contributed by atoms with E-state index in [1.807, 2.05) is 31.8 Å². The van der Waals surface area contributed by atoms with Crippen molar-refractivity contribution in [3.05, 3.63) is 35.9 Å². The second kappa shape index (κ2) is 90.0. The van der Waals surface area contributed by atoms with E-state index in [0.717, 1.165) is 31.9 Å². The highest BCUT2D eigenvalue weighted by atomic mass is 32.2. The van der Waals surface area contributed by atoms with Crippen LogP contribution in [0.5, 0.6) is 0 Å². The van der Waals surface area contributed by atoms with Gasteiger partial charge in [0.15, 0.2) is 0 Å². The first-order valence-corrected chi connectivity index (χ1v) is 14.3. The van der Waals surface area contributed by atoms with Crippen LogP contribution in [0, 0.1) is 5.92 Å². The number of thioether (sulfide) groups is 1. The van der Waals surface area contributed by atoms with Crippen LogP contribution in [0.25, 0.3) is 0 Å². The van der Waals surface area contributed by atoms with Crippen LogP contribution in [0.3, 0.4) is 0 Å². The lowest BCUT2D eigenvalue weighted by atomic mass is 10.1. The summed E-state index contributed by atoms with van der Waals surface area (Å²) in [4.78, 5) is 0. The van der Waals surface area contributed by atoms with E-state index in [-0.39, 0.29) is 59.4 Å². The number of aryl methyl sites for hydroxylation is 1. The molecule has 0 spiro atoms. The maximum atomic E-state index is 5.17. The first kappa shape index (κ1) is 83.5. The van der Waals surface area contributed by atoms with Crippen molar-refractivity contribution in [3.63, 3.8) is 0 Å². The Bertz CT molecular complexity index is 352. The molecule has 0 radical (unpaired) electrons. The van der Waals surface area contributed by atoms with Gasteiger partial charge in [-0.05, 0) is 63.8 Å². The van der Waals surface area contributed by atoms with Crippen LogP contribution < -0.4 is 5.32 Å². The maximum absolute atomic E-state index is 5.17. The van der Waals surface area contributed by atoms with E-state index in [1.165, 1.54) is 30.6 Å². The van der Waals surface area contributed by atoms with Crippen LogP contribution in [0.2, 0.25) is 0 Å². The van der Waals surface area contributed by atoms with E-state index in [1.54, 1.807) is 14.2 Å². The van der Waals surface area contributed by atoms with Gasteiger partial charge in [0.05, 0.1) is 6.10 Å². The quantitative estimate of drug-likeness (QED) is 0.298. The fraction of sp³-hybridized carbons (Fsp3) is 0.838. The number of hydrogen-bond acceptors (Lipinski definition) is 4. The Morgan fingerprint density at radius 2 is 1.05 bits per heavy atom. The summed E-state index contributed by atoms with van der Waals surface area (Å²) >= 11 is 1.86. The Morgan fingerprint density at radius 1 is 0.732 bits per heavy atom. The van der Waals surface area contributed by atoms with Crippen molar-refractivity contribution in [1.29, 1.82) is 0 Å². The van der Waals surface area contributed by atoms with E-state index in [9.17, 15) is 0 Å². The monoisotopic (exact) mass is 618 g/mol. The highest BCUT2D eigenvalue weighted by molar-refractivity contribution is 7.98. The molecule has 4 heteroatoms. The molecule has 0 aromatic heterocycles. The first-order valence-electron chi connectivity index (χ1n) is 12.9. The van der Waals surface area contributed by atoms with Crippen LogP contribution in [0.15, 0.2) is 30.3 Å². The second-order valence-corrected chi connectivity index (χ2v) is 8.89. The van der Waals surface area contributed by atoms with Gasteiger partial charge in [-0.2, -0.15) is 11.8 Å². The van der Waals surface area contributed by atoms with Crippen molar-refractivity contribution in [1.82, 2.24) is 5.32 Å². The zero-order valence-electron chi connectivity index (χ0n) is 24.9. The molecule has 0 aliphatic heterocycles. The van der Waals surface area contributed by atoms with Crippen LogP contribution in [-0.2, 0) is 15.9 Å². The van der Waals surface area contributed by atoms with Crippen molar-refractivity contribution < 1.29 is 9.47 Å². The predicted octanol–water partition coefficient (Wildman–Crippen LogP) is 13.8. The summed E-state index contributed by atoms with van der Waals surface area (Å²) < 4.78 is 9.71. The molecular formula is C37H95NO2S. The molecule has 41 heavy (non-hydrogen) atoms. The number of hydrogen-bond donors (Lipinski definition) is 1. The molecule has 3 nitrogen and oxygen atoms in total. The molecule has 0 heterocycles. The van der Waals surface area contributed by atoms with Crippen LogP contribution in [-0.4, -0.2) is 52.5 Å². The van der Waals surface area contributed by atoms with E-state index in [2.05, 4.69) is 96.0 Å². The predicted molar refractivity (Wildman–Crippen MR) is 212 cm³/mol. The third-order valence-corrected chi connectivity index (χ3v) is 4.91. The summed E-state index contributed by atoms with van der Waals surface area (Å²) in [7, 11) is 5.37. The highest BCUT2D eigenvalue weighted by Crippen LogP contribution is 2.05. The fourth-order valence-electron chi connectivity index (χ4n) is 1.13. The molecule has 0 bridgehead atoms. The van der Waals surface area contributed by atoms with Gasteiger partial charge >= 0.3 is 0 Å². The summed E-state index contributed by atoms with van der Waals surface area (Å²) in [6.45, 7) is 21.2. The van der Waals surface area contributed by atoms with Gasteiger partial charge in [-0.3, -0.25) is 0 Å². The van der Waals surface area contributed by atoms with E-state index >= 15 is 0 Å². The molecule has 0 aliphatic carbocycles. The smallest absolute Gasteiger partial charge is 0.0546 e. The lowest BCUT2D eigenvalue weighted by Crippen LogP contribution is -2.05. The SMILES string of the molecule is C.C.C.C.C.C.C.C.CCC(C)C.CCCC.CCNC.CCOC.CCSC.COC(C)CCc1ccccc1. The summed E-state index contributed by atoms with van der Waals surface area (Å²) in [5.41, 5.74) is 1.39. The summed E-state index contributed by atoms with van der Waals surface area (Å²) in [6, 6.07) is 10.5. The number of benzene rings is 1. The lowest BCUT2D eigenvalue weighted by molar-refractivity contribution is 0.111. The molecule has 0 saturated carbocycles. The Kier molecular flexibility index (Phi) is 183. The average Bonchev–Trinajstić information content (AvgIpc) is 2.88. The molecule has 1 aromatic carbocycles. The number of methoxy groups -OCH3 is 2. The zero-order chi connectivity index (χ0) is 26.8. The van der Waals surface area contributed by atoms with E-state index in [4.69, 9.17) is 4.74 Å². The minimum Gasteiger partial charge on any atom is -0.385 e. The number of rotatable bonds is 9. The van der Waals surface area contributed by atoms with Crippen molar-refractivity contribution in [2.75, 3.05) is 46.4 Å². The summed E-state index contributed by atoms with van der Waals surface area (Å²) in [6.07, 6.45) is 8.61. The Balaban J connectivity index is -0.0000000216. The molecule has 0 aliphatic rings. The van der Waals surface area contributed by atoms with Gasteiger partial charge in [0.1, 0.15) is 0 Å². The largest absolute Gasteiger partial charge is 0.385 e. The molecule has 1 N–H and O–H groups in total. The van der Waals surface area contributed by atoms with E-state index < -0.39 is 0 Å². The third kappa shape index (κ3) is 132. The molecule has 1 aromatic rings. The normalized spacial score (nSPS) is 7.85. The molecule has 1 rings (SSSR count). The van der Waals surface area contributed by atoms with E-state index in [0.29, 0.717) is 6.10 Å². The molecule has 0 amide bonds. The van der Waals surface area contributed by atoms with Crippen molar-refractivity contribution in [2.45, 2.75) is 160 Å². The summed E-state index contributed by atoms with van der Waals surface area (Å²) in [5, 5.41) is 2.93. The van der Waals surface area contributed by atoms with Crippen LogP contribution in [0.1, 0.15) is 153 Å². The fourth-order valence-corrected chi connectivity index (χ4v) is 1.13. The van der Waals surface area contributed by atoms with Gasteiger partial charge in [-0.25, -0.2) is 0 Å². The van der Waals surface area contributed by atoms with Crippen molar-refractivity contribution >= 4 is 11.8 Å². The minimum atomic E-state index is 0. The number of unbranched alkanes of at least 4 members (excludes halogenated alkanes) is 1. The maximum Gasteiger partial charge on any atom is 0.0546 e. The molecular weight excluding hydrogens is 522 g/mol. The van der Waals surface area contributed by atoms with Gasteiger partial charge < -0.3 is 14.8 Å². The van der Waals surface area contributed by atoms with Crippen LogP contribution >= 0.6 is 11.8 Å². The van der Waals surface area contributed by atoms with Gasteiger partial charge in [0, 0.05) is 20.8 Å². The average molecular weight is 618 g/mol. The lowest BCUT2D eigenvalue weighted by Gasteiger charge is -2.08. The van der Waals surface area contributed by atoms with Gasteiger partial charge in [0.25, 0.3) is 0 Å². The van der Waals surface area contributed by atoms with Gasteiger partial charge in [0.2, 0.25) is 0 Å². The molecule has 0 saturated heterocycles. The van der Waals surface area contributed by atoms with Crippen molar-refractivity contribution in [3.8, 4) is 0 Å². The van der Waals surface area contributed by atoms with Crippen molar-refractivity contribution in [2.24, 2.45) is 5.92 Å². The standard InChI is InChI=1S/C11H16O.C5H12.C4H10.C3H9N.C3H8O.C3H8S.8CH4/c1-10(12-2)8-9-11-6-4-3-5-7-11;1-4-5(2)3;4*1-3-4-2;;;;;;;;/h3-7,10H,8-9H2,1-2H3;5H,4H2,1-3H3;3-4H2,1-2H3;4H,3H2,1-2H3;2*3H2,1-2H3;8*1H4. The van der Waals surface area contributed by atoms with Gasteiger partial charge in [-0.1, -0.05) is 157 Å². The second-order valence-electron chi connectivity index (χ2n) is 7.73. The molecule has 0 fully saturated rings. The van der Waals surface area contributed by atoms with Gasteiger partial charge in [-0.15, -0.1) is 0 Å². The number of nitrogens with one attached hydrogen (secondary N) is 1. The molecule has 1 unspecified atom stereocenters. The Labute approximate surface area is 274 Å². The Morgan fingerprint density at radius 3 is 1.22 bits per heavy atom. The Hall–Kier alpha value is -0.550. The topological polar surface area (TPSA) is 30.5 Å². The number of ether oxygens (including phenoxy) is 2. The minimum absolute atomic E-state index is 0. The zero-order valence-corrected chi connectivity index (χ0v) is 25.7.